The van der Waals surface area contributed by atoms with Crippen molar-refractivity contribution in [1.82, 2.24) is 4.57 Å². The molecule has 0 unspecified atom stereocenters. The Hall–Kier alpha value is -2.76. The minimum Gasteiger partial charge on any atom is -0.372 e. The van der Waals surface area contributed by atoms with Crippen molar-refractivity contribution in [1.29, 1.82) is 0 Å². The second-order valence-electron chi connectivity index (χ2n) is 4.53. The lowest BCUT2D eigenvalue weighted by atomic mass is 10.2. The van der Waals surface area contributed by atoms with Gasteiger partial charge in [-0.3, -0.25) is 4.57 Å². The van der Waals surface area contributed by atoms with Crippen molar-refractivity contribution in [2.75, 3.05) is 0 Å². The second kappa shape index (κ2) is 4.97. The fourth-order valence-electron chi connectivity index (χ4n) is 2.12. The fourth-order valence-corrected chi connectivity index (χ4v) is 2.12. The molecule has 0 aliphatic heterocycles. The van der Waals surface area contributed by atoms with E-state index in [4.69, 9.17) is 0 Å². The lowest BCUT2D eigenvalue weighted by molar-refractivity contribution is 0.424. The Balaban J connectivity index is 2.20. The lowest BCUT2D eigenvalue weighted by Gasteiger charge is -2.08. The van der Waals surface area contributed by atoms with Crippen LogP contribution in [0.5, 0.6) is 0 Å². The van der Waals surface area contributed by atoms with Gasteiger partial charge in [0.05, 0.1) is 17.4 Å². The van der Waals surface area contributed by atoms with Crippen LogP contribution < -0.4 is 11.4 Å². The number of hydrogen-bond donors (Lipinski definition) is 0. The first-order valence-corrected chi connectivity index (χ1v) is 6.12. The molecule has 0 spiro atoms. The van der Waals surface area contributed by atoms with E-state index in [1.165, 1.54) is 34.9 Å². The van der Waals surface area contributed by atoms with E-state index in [-0.39, 0.29) is 17.4 Å². The molecule has 6 heteroatoms. The zero-order valence-corrected chi connectivity index (χ0v) is 10.7. The van der Waals surface area contributed by atoms with Gasteiger partial charge in [-0.1, -0.05) is 12.1 Å². The van der Waals surface area contributed by atoms with E-state index in [9.17, 15) is 18.4 Å². The van der Waals surface area contributed by atoms with E-state index in [0.717, 1.165) is 12.1 Å². The van der Waals surface area contributed by atoms with Crippen LogP contribution in [0.1, 0.15) is 5.56 Å². The Morgan fingerprint density at radius 1 is 0.952 bits per heavy atom. The van der Waals surface area contributed by atoms with Crippen molar-refractivity contribution >= 4 is 10.9 Å². The number of benzene rings is 2. The van der Waals surface area contributed by atoms with Gasteiger partial charge in [0.2, 0.25) is 0 Å². The molecule has 0 saturated carbocycles. The Morgan fingerprint density at radius 3 is 2.33 bits per heavy atom. The maximum atomic E-state index is 13.2. The predicted octanol–water partition coefficient (Wildman–Crippen LogP) is 2.28. The number of halogens is 2. The van der Waals surface area contributed by atoms with Crippen LogP contribution in [0, 0.1) is 11.6 Å². The standard InChI is InChI=1S/C15H9F2NO3/c16-10-3-1-9(2-4-10)8-18-13-6-5-11(17)7-12(13)14(19)21-15(18)20/h1-7H,8H2. The number of fused-ring (bicyclic) bond motifs is 1. The van der Waals surface area contributed by atoms with Crippen molar-refractivity contribution < 1.29 is 13.2 Å². The summed E-state index contributed by atoms with van der Waals surface area (Å²) in [5.74, 6) is -1.83. The number of hydrogen-bond acceptors (Lipinski definition) is 3. The van der Waals surface area contributed by atoms with Crippen LogP contribution in [0.2, 0.25) is 0 Å². The molecule has 0 N–H and O–H groups in total. The van der Waals surface area contributed by atoms with E-state index < -0.39 is 23.0 Å². The molecular weight excluding hydrogens is 280 g/mol. The topological polar surface area (TPSA) is 52.2 Å². The SMILES string of the molecule is O=c1oc(=O)n(Cc2ccc(F)cc2)c2ccc(F)cc12. The highest BCUT2D eigenvalue weighted by atomic mass is 19.1. The first-order valence-electron chi connectivity index (χ1n) is 6.12. The summed E-state index contributed by atoms with van der Waals surface area (Å²) >= 11 is 0. The molecule has 0 fully saturated rings. The maximum absolute atomic E-state index is 13.2. The molecule has 21 heavy (non-hydrogen) atoms. The van der Waals surface area contributed by atoms with Gasteiger partial charge in [-0.25, -0.2) is 18.4 Å². The van der Waals surface area contributed by atoms with Crippen molar-refractivity contribution in [3.8, 4) is 0 Å². The minimum absolute atomic E-state index is 0.0169. The zero-order valence-electron chi connectivity index (χ0n) is 10.7. The van der Waals surface area contributed by atoms with E-state index in [1.807, 2.05) is 0 Å². The highest BCUT2D eigenvalue weighted by Crippen LogP contribution is 2.12. The van der Waals surface area contributed by atoms with E-state index in [0.29, 0.717) is 5.56 Å². The first-order chi connectivity index (χ1) is 10.0. The third kappa shape index (κ3) is 2.47. The summed E-state index contributed by atoms with van der Waals surface area (Å²) in [6, 6.07) is 9.07. The average molecular weight is 289 g/mol. The summed E-state index contributed by atoms with van der Waals surface area (Å²) in [6.45, 7) is 0.0883. The molecule has 0 aliphatic carbocycles. The van der Waals surface area contributed by atoms with Gasteiger partial charge in [-0.2, -0.15) is 0 Å². The van der Waals surface area contributed by atoms with Crippen molar-refractivity contribution in [3.63, 3.8) is 0 Å². The van der Waals surface area contributed by atoms with Crippen molar-refractivity contribution in [3.05, 3.63) is 80.6 Å². The summed E-state index contributed by atoms with van der Waals surface area (Å²) in [7, 11) is 0. The average Bonchev–Trinajstić information content (AvgIpc) is 2.46. The molecule has 0 radical (unpaired) electrons. The van der Waals surface area contributed by atoms with Gasteiger partial charge in [0.25, 0.3) is 0 Å². The normalized spacial score (nSPS) is 11.0. The lowest BCUT2D eigenvalue weighted by Crippen LogP contribution is -2.25. The quantitative estimate of drug-likeness (QED) is 0.727. The molecule has 2 aromatic carbocycles. The van der Waals surface area contributed by atoms with Gasteiger partial charge in [0.1, 0.15) is 11.6 Å². The van der Waals surface area contributed by atoms with Gasteiger partial charge in [-0.05, 0) is 35.9 Å². The van der Waals surface area contributed by atoms with Crippen LogP contribution in [0.3, 0.4) is 0 Å². The van der Waals surface area contributed by atoms with E-state index in [1.54, 1.807) is 0 Å². The third-order valence-electron chi connectivity index (χ3n) is 3.12. The van der Waals surface area contributed by atoms with Gasteiger partial charge in [0, 0.05) is 0 Å². The minimum atomic E-state index is -0.884. The molecule has 3 rings (SSSR count). The molecule has 3 aromatic rings. The fraction of sp³-hybridized carbons (Fsp3) is 0.0667. The van der Waals surface area contributed by atoms with Crippen molar-refractivity contribution in [2.24, 2.45) is 0 Å². The zero-order chi connectivity index (χ0) is 15.0. The van der Waals surface area contributed by atoms with Gasteiger partial charge >= 0.3 is 11.4 Å². The molecule has 106 valence electrons. The van der Waals surface area contributed by atoms with Crippen LogP contribution in [-0.4, -0.2) is 4.57 Å². The van der Waals surface area contributed by atoms with Crippen molar-refractivity contribution in [2.45, 2.75) is 6.54 Å². The second-order valence-corrected chi connectivity index (χ2v) is 4.53. The maximum Gasteiger partial charge on any atom is 0.422 e. The third-order valence-corrected chi connectivity index (χ3v) is 3.12. The highest BCUT2D eigenvalue weighted by molar-refractivity contribution is 5.77. The van der Waals surface area contributed by atoms with Crippen LogP contribution in [-0.2, 0) is 6.54 Å². The van der Waals surface area contributed by atoms with Crippen LogP contribution in [0.4, 0.5) is 8.78 Å². The summed E-state index contributed by atoms with van der Waals surface area (Å²) in [5, 5.41) is -0.0169. The Labute approximate surface area is 116 Å². The Kier molecular flexibility index (Phi) is 3.13. The van der Waals surface area contributed by atoms with Gasteiger partial charge in [0.15, 0.2) is 0 Å². The molecule has 0 atom stereocenters. The summed E-state index contributed by atoms with van der Waals surface area (Å²) < 4.78 is 31.9. The van der Waals surface area contributed by atoms with Gasteiger partial charge in [-0.15, -0.1) is 0 Å². The molecule has 0 bridgehead atoms. The Morgan fingerprint density at radius 2 is 1.62 bits per heavy atom. The monoisotopic (exact) mass is 289 g/mol. The number of rotatable bonds is 2. The molecule has 0 saturated heterocycles. The molecular formula is C15H9F2NO3. The van der Waals surface area contributed by atoms with E-state index in [2.05, 4.69) is 4.42 Å². The number of aromatic nitrogens is 1. The summed E-state index contributed by atoms with van der Waals surface area (Å²) in [4.78, 5) is 23.4. The molecule has 1 heterocycles. The smallest absolute Gasteiger partial charge is 0.372 e. The molecule has 0 amide bonds. The van der Waals surface area contributed by atoms with Gasteiger partial charge < -0.3 is 4.42 Å². The molecule has 4 nitrogen and oxygen atoms in total. The van der Waals surface area contributed by atoms with Crippen LogP contribution in [0.15, 0.2) is 56.5 Å². The number of nitrogens with zero attached hydrogens (tertiary/aromatic N) is 1. The van der Waals surface area contributed by atoms with Crippen LogP contribution >= 0.6 is 0 Å². The summed E-state index contributed by atoms with van der Waals surface area (Å²) in [6.07, 6.45) is 0. The first kappa shape index (κ1) is 13.2. The largest absolute Gasteiger partial charge is 0.422 e. The molecule has 1 aromatic heterocycles. The predicted molar refractivity (Wildman–Crippen MR) is 72.2 cm³/mol. The summed E-state index contributed by atoms with van der Waals surface area (Å²) in [5.41, 5.74) is 0.0322. The van der Waals surface area contributed by atoms with Crippen LogP contribution in [0.25, 0.3) is 10.9 Å². The molecule has 0 aliphatic rings. The highest BCUT2D eigenvalue weighted by Gasteiger charge is 2.10. The Bertz CT molecular complexity index is 926. The van der Waals surface area contributed by atoms with E-state index >= 15 is 0 Å².